The maximum atomic E-state index is 5.59. The van der Waals surface area contributed by atoms with Crippen LogP contribution in [0.5, 0.6) is 0 Å². The lowest BCUT2D eigenvalue weighted by Gasteiger charge is -2.29. The van der Waals surface area contributed by atoms with Crippen LogP contribution >= 0.6 is 0 Å². The van der Waals surface area contributed by atoms with E-state index in [2.05, 4.69) is 5.32 Å². The first-order valence-electron chi connectivity index (χ1n) is 6.69. The van der Waals surface area contributed by atoms with Crippen molar-refractivity contribution in [2.24, 2.45) is 5.92 Å². The molecule has 4 nitrogen and oxygen atoms in total. The largest absolute Gasteiger partial charge is 0.311 e. The lowest BCUT2D eigenvalue weighted by Crippen LogP contribution is -2.38. The molecule has 3 rings (SSSR count). The molecule has 0 spiro atoms. The first kappa shape index (κ1) is 11.0. The predicted octanol–water partition coefficient (Wildman–Crippen LogP) is 1.48. The third-order valence-electron chi connectivity index (χ3n) is 4.05. The molecule has 0 saturated carbocycles. The first-order chi connectivity index (χ1) is 7.90. The number of nitrogens with zero attached hydrogens (tertiary/aromatic N) is 1. The standard InChI is InChI=1S/C12H22N2O2/c1-5-14(15-6-1)16-7-4-10-8-11-2-3-12(9-10)13-11/h10-13H,1-9H2. The number of fused-ring (bicyclic) bond motifs is 2. The molecule has 2 bridgehead atoms. The van der Waals surface area contributed by atoms with E-state index in [0.717, 1.165) is 44.2 Å². The van der Waals surface area contributed by atoms with E-state index in [4.69, 9.17) is 9.68 Å². The molecule has 2 unspecified atom stereocenters. The molecule has 3 saturated heterocycles. The number of hydroxylamine groups is 2. The Balaban J connectivity index is 1.35. The topological polar surface area (TPSA) is 33.7 Å². The average Bonchev–Trinajstić information content (AvgIpc) is 2.89. The number of hydrogen-bond acceptors (Lipinski definition) is 4. The Morgan fingerprint density at radius 1 is 1.25 bits per heavy atom. The van der Waals surface area contributed by atoms with Gasteiger partial charge in [-0.1, -0.05) is 5.23 Å². The Hall–Kier alpha value is -0.160. The van der Waals surface area contributed by atoms with Crippen LogP contribution in [-0.4, -0.2) is 37.1 Å². The van der Waals surface area contributed by atoms with Crippen LogP contribution in [0.1, 0.15) is 38.5 Å². The van der Waals surface area contributed by atoms with Crippen LogP contribution in [-0.2, 0) is 9.68 Å². The van der Waals surface area contributed by atoms with Gasteiger partial charge in [0.15, 0.2) is 0 Å². The molecule has 3 heterocycles. The summed E-state index contributed by atoms with van der Waals surface area (Å²) in [5.41, 5.74) is 0. The van der Waals surface area contributed by atoms with Crippen molar-refractivity contribution in [1.82, 2.24) is 10.5 Å². The van der Waals surface area contributed by atoms with Crippen LogP contribution in [0.25, 0.3) is 0 Å². The second-order valence-corrected chi connectivity index (χ2v) is 5.34. The monoisotopic (exact) mass is 226 g/mol. The zero-order valence-electron chi connectivity index (χ0n) is 9.86. The smallest absolute Gasteiger partial charge is 0.0725 e. The van der Waals surface area contributed by atoms with E-state index >= 15 is 0 Å². The Morgan fingerprint density at radius 3 is 2.75 bits per heavy atom. The van der Waals surface area contributed by atoms with Gasteiger partial charge in [0.25, 0.3) is 0 Å². The lowest BCUT2D eigenvalue weighted by molar-refractivity contribution is -0.341. The highest BCUT2D eigenvalue weighted by Crippen LogP contribution is 2.32. The van der Waals surface area contributed by atoms with E-state index in [-0.39, 0.29) is 0 Å². The molecule has 2 atom stereocenters. The minimum atomic E-state index is 0.798. The van der Waals surface area contributed by atoms with Gasteiger partial charge in [0.2, 0.25) is 0 Å². The zero-order chi connectivity index (χ0) is 10.8. The van der Waals surface area contributed by atoms with Crippen molar-refractivity contribution in [3.05, 3.63) is 0 Å². The molecular formula is C12H22N2O2. The summed E-state index contributed by atoms with van der Waals surface area (Å²) >= 11 is 0. The fourth-order valence-corrected chi connectivity index (χ4v) is 3.26. The van der Waals surface area contributed by atoms with Crippen LogP contribution in [0.15, 0.2) is 0 Å². The van der Waals surface area contributed by atoms with Gasteiger partial charge in [-0.15, -0.1) is 0 Å². The van der Waals surface area contributed by atoms with Crippen molar-refractivity contribution in [1.29, 1.82) is 0 Å². The predicted molar refractivity (Wildman–Crippen MR) is 60.5 cm³/mol. The summed E-state index contributed by atoms with van der Waals surface area (Å²) in [4.78, 5) is 10.9. The molecule has 0 aromatic carbocycles. The van der Waals surface area contributed by atoms with E-state index in [1.54, 1.807) is 5.23 Å². The van der Waals surface area contributed by atoms with Crippen LogP contribution in [0.2, 0.25) is 0 Å². The maximum Gasteiger partial charge on any atom is 0.0725 e. The molecule has 3 fully saturated rings. The Bertz CT molecular complexity index is 219. The molecule has 92 valence electrons. The normalized spacial score (nSPS) is 39.4. The third-order valence-corrected chi connectivity index (χ3v) is 4.05. The van der Waals surface area contributed by atoms with Gasteiger partial charge in [-0.05, 0) is 44.4 Å². The summed E-state index contributed by atoms with van der Waals surface area (Å²) in [7, 11) is 0. The van der Waals surface area contributed by atoms with Crippen molar-refractivity contribution < 1.29 is 9.68 Å². The van der Waals surface area contributed by atoms with Crippen molar-refractivity contribution in [3.8, 4) is 0 Å². The summed E-state index contributed by atoms with van der Waals surface area (Å²) in [6, 6.07) is 1.60. The molecule has 3 aliphatic rings. The van der Waals surface area contributed by atoms with E-state index in [0.29, 0.717) is 0 Å². The minimum Gasteiger partial charge on any atom is -0.311 e. The number of hydrogen-bond donors (Lipinski definition) is 1. The fraction of sp³-hybridized carbons (Fsp3) is 1.00. The SMILES string of the molecule is C1CON(OCCC2CC3CCC(C2)N3)C1. The number of rotatable bonds is 4. The van der Waals surface area contributed by atoms with E-state index in [1.165, 1.54) is 32.1 Å². The molecule has 0 amide bonds. The molecule has 3 aliphatic heterocycles. The number of nitrogens with one attached hydrogen (secondary N) is 1. The third kappa shape index (κ3) is 2.56. The van der Waals surface area contributed by atoms with Gasteiger partial charge < -0.3 is 5.32 Å². The van der Waals surface area contributed by atoms with Crippen molar-refractivity contribution in [2.45, 2.75) is 50.6 Å². The molecule has 4 heteroatoms. The van der Waals surface area contributed by atoms with Gasteiger partial charge in [0.05, 0.1) is 19.8 Å². The zero-order valence-corrected chi connectivity index (χ0v) is 9.86. The van der Waals surface area contributed by atoms with Crippen LogP contribution in [0.4, 0.5) is 0 Å². The van der Waals surface area contributed by atoms with Gasteiger partial charge in [0, 0.05) is 12.1 Å². The maximum absolute atomic E-state index is 5.59. The van der Waals surface area contributed by atoms with Crippen LogP contribution < -0.4 is 5.32 Å². The van der Waals surface area contributed by atoms with Crippen LogP contribution in [0, 0.1) is 5.92 Å². The second-order valence-electron chi connectivity index (χ2n) is 5.34. The summed E-state index contributed by atoms with van der Waals surface area (Å²) < 4.78 is 0. The molecular weight excluding hydrogens is 204 g/mol. The van der Waals surface area contributed by atoms with Gasteiger partial charge in [-0.3, -0.25) is 9.68 Å². The Kier molecular flexibility index (Phi) is 3.43. The minimum absolute atomic E-state index is 0.798. The highest BCUT2D eigenvalue weighted by Gasteiger charge is 2.33. The lowest BCUT2D eigenvalue weighted by atomic mass is 9.90. The molecule has 0 aromatic heterocycles. The van der Waals surface area contributed by atoms with Crippen molar-refractivity contribution >= 4 is 0 Å². The van der Waals surface area contributed by atoms with Gasteiger partial charge >= 0.3 is 0 Å². The van der Waals surface area contributed by atoms with E-state index in [1.807, 2.05) is 0 Å². The van der Waals surface area contributed by atoms with Gasteiger partial charge in [-0.2, -0.15) is 0 Å². The molecule has 0 aromatic rings. The molecule has 0 radical (unpaired) electrons. The second kappa shape index (κ2) is 5.00. The number of piperidine rings is 1. The van der Waals surface area contributed by atoms with E-state index < -0.39 is 0 Å². The van der Waals surface area contributed by atoms with Crippen molar-refractivity contribution in [2.75, 3.05) is 19.8 Å². The Morgan fingerprint density at radius 2 is 2.06 bits per heavy atom. The summed E-state index contributed by atoms with van der Waals surface area (Å²) in [5.74, 6) is 0.862. The average molecular weight is 226 g/mol. The van der Waals surface area contributed by atoms with Crippen molar-refractivity contribution in [3.63, 3.8) is 0 Å². The highest BCUT2D eigenvalue weighted by atomic mass is 17.0. The molecule has 0 aliphatic carbocycles. The van der Waals surface area contributed by atoms with Gasteiger partial charge in [-0.25, -0.2) is 0 Å². The van der Waals surface area contributed by atoms with Crippen LogP contribution in [0.3, 0.4) is 0 Å². The van der Waals surface area contributed by atoms with Gasteiger partial charge in [0.1, 0.15) is 0 Å². The fourth-order valence-electron chi connectivity index (χ4n) is 3.26. The first-order valence-corrected chi connectivity index (χ1v) is 6.69. The summed E-state index contributed by atoms with van der Waals surface area (Å²) in [6.07, 6.45) is 7.75. The summed E-state index contributed by atoms with van der Waals surface area (Å²) in [6.45, 7) is 2.57. The highest BCUT2D eigenvalue weighted by molar-refractivity contribution is 4.91. The van der Waals surface area contributed by atoms with E-state index in [9.17, 15) is 0 Å². The quantitative estimate of drug-likeness (QED) is 0.787. The molecule has 1 N–H and O–H groups in total. The Labute approximate surface area is 97.2 Å². The summed E-state index contributed by atoms with van der Waals surface area (Å²) in [5, 5.41) is 5.34. The molecule has 16 heavy (non-hydrogen) atoms.